The summed E-state index contributed by atoms with van der Waals surface area (Å²) in [5.41, 5.74) is 5.61. The zero-order valence-electron chi connectivity index (χ0n) is 9.80. The van der Waals surface area contributed by atoms with Gasteiger partial charge in [0.15, 0.2) is 0 Å². The maximum atomic E-state index is 11.3. The number of hydrogen-bond acceptors (Lipinski definition) is 4. The molecular formula is C12H15NO4. The van der Waals surface area contributed by atoms with E-state index in [2.05, 4.69) is 4.74 Å². The van der Waals surface area contributed by atoms with Gasteiger partial charge < -0.3 is 15.2 Å². The molecule has 5 nitrogen and oxygen atoms in total. The summed E-state index contributed by atoms with van der Waals surface area (Å²) in [6.07, 6.45) is -0.819. The largest absolute Gasteiger partial charge is 0.445 e. The SMILES string of the molecule is CC(C)C(=O)Oc1ccc(COC(N)=O)cc1. The summed E-state index contributed by atoms with van der Waals surface area (Å²) in [5.74, 6) is 0.00512. The third kappa shape index (κ3) is 4.55. The zero-order valence-corrected chi connectivity index (χ0v) is 9.80. The third-order valence-electron chi connectivity index (χ3n) is 1.99. The molecule has 0 radical (unpaired) electrons. The van der Waals surface area contributed by atoms with Crippen LogP contribution in [0.5, 0.6) is 5.75 Å². The molecule has 0 saturated carbocycles. The van der Waals surface area contributed by atoms with E-state index in [9.17, 15) is 9.59 Å². The minimum absolute atomic E-state index is 0.105. The topological polar surface area (TPSA) is 78.6 Å². The Morgan fingerprint density at radius 2 is 1.82 bits per heavy atom. The van der Waals surface area contributed by atoms with E-state index in [1.54, 1.807) is 38.1 Å². The Kier molecular flexibility index (Phi) is 4.51. The van der Waals surface area contributed by atoms with Crippen LogP contribution in [0.4, 0.5) is 4.79 Å². The number of carbonyl (C=O) groups is 2. The Labute approximate surface area is 99.5 Å². The Bertz CT molecular complexity index is 397. The number of amides is 1. The van der Waals surface area contributed by atoms with Crippen molar-refractivity contribution in [3.8, 4) is 5.75 Å². The van der Waals surface area contributed by atoms with Gasteiger partial charge in [-0.25, -0.2) is 4.79 Å². The summed E-state index contributed by atoms with van der Waals surface area (Å²) < 4.78 is 9.70. The van der Waals surface area contributed by atoms with E-state index >= 15 is 0 Å². The lowest BCUT2D eigenvalue weighted by Gasteiger charge is -2.07. The van der Waals surface area contributed by atoms with Gasteiger partial charge in [-0.05, 0) is 17.7 Å². The Morgan fingerprint density at radius 1 is 1.24 bits per heavy atom. The number of rotatable bonds is 4. The smallest absolute Gasteiger partial charge is 0.404 e. The third-order valence-corrected chi connectivity index (χ3v) is 1.99. The van der Waals surface area contributed by atoms with Gasteiger partial charge in [0.25, 0.3) is 0 Å². The molecule has 0 bridgehead atoms. The molecule has 0 heterocycles. The number of nitrogens with two attached hydrogens (primary N) is 1. The highest BCUT2D eigenvalue weighted by molar-refractivity contribution is 5.74. The van der Waals surface area contributed by atoms with E-state index < -0.39 is 6.09 Å². The lowest BCUT2D eigenvalue weighted by molar-refractivity contribution is -0.137. The fraction of sp³-hybridized carbons (Fsp3) is 0.333. The molecule has 1 aromatic rings. The maximum Gasteiger partial charge on any atom is 0.404 e. The van der Waals surface area contributed by atoms with Crippen LogP contribution < -0.4 is 10.5 Å². The number of primary amides is 1. The predicted octanol–water partition coefficient (Wildman–Crippen LogP) is 1.84. The van der Waals surface area contributed by atoms with Crippen molar-refractivity contribution >= 4 is 12.1 Å². The van der Waals surface area contributed by atoms with Gasteiger partial charge in [0.1, 0.15) is 12.4 Å². The molecule has 5 heteroatoms. The highest BCUT2D eigenvalue weighted by Gasteiger charge is 2.09. The van der Waals surface area contributed by atoms with E-state index in [4.69, 9.17) is 10.5 Å². The minimum Gasteiger partial charge on any atom is -0.445 e. The highest BCUT2D eigenvalue weighted by Crippen LogP contribution is 2.14. The molecule has 0 saturated heterocycles. The van der Waals surface area contributed by atoms with Crippen molar-refractivity contribution in [2.75, 3.05) is 0 Å². The maximum absolute atomic E-state index is 11.3. The van der Waals surface area contributed by atoms with Gasteiger partial charge in [0.2, 0.25) is 0 Å². The summed E-state index contributed by atoms with van der Waals surface area (Å²) in [5, 5.41) is 0. The van der Waals surface area contributed by atoms with Crippen LogP contribution >= 0.6 is 0 Å². The second-order valence-electron chi connectivity index (χ2n) is 3.83. The molecule has 92 valence electrons. The monoisotopic (exact) mass is 237 g/mol. The van der Waals surface area contributed by atoms with Crippen LogP contribution in [-0.4, -0.2) is 12.1 Å². The lowest BCUT2D eigenvalue weighted by Crippen LogP contribution is -2.15. The highest BCUT2D eigenvalue weighted by atomic mass is 16.5. The van der Waals surface area contributed by atoms with E-state index in [-0.39, 0.29) is 18.5 Å². The van der Waals surface area contributed by atoms with Crippen molar-refractivity contribution in [1.29, 1.82) is 0 Å². The fourth-order valence-corrected chi connectivity index (χ4v) is 1.04. The number of hydrogen-bond donors (Lipinski definition) is 1. The fourth-order valence-electron chi connectivity index (χ4n) is 1.04. The zero-order chi connectivity index (χ0) is 12.8. The molecule has 0 spiro atoms. The normalized spacial score (nSPS) is 10.1. The van der Waals surface area contributed by atoms with Gasteiger partial charge in [-0.2, -0.15) is 0 Å². The molecule has 0 aliphatic rings. The molecule has 0 fully saturated rings. The quantitative estimate of drug-likeness (QED) is 0.640. The number of benzene rings is 1. The van der Waals surface area contributed by atoms with Crippen LogP contribution in [-0.2, 0) is 16.1 Å². The minimum atomic E-state index is -0.819. The molecule has 0 atom stereocenters. The lowest BCUT2D eigenvalue weighted by atomic mass is 10.2. The summed E-state index contributed by atoms with van der Waals surface area (Å²) in [7, 11) is 0. The molecule has 0 unspecified atom stereocenters. The van der Waals surface area contributed by atoms with Crippen molar-refractivity contribution in [1.82, 2.24) is 0 Å². The van der Waals surface area contributed by atoms with Crippen LogP contribution in [0.1, 0.15) is 19.4 Å². The summed E-state index contributed by atoms with van der Waals surface area (Å²) in [6.45, 7) is 3.63. The van der Waals surface area contributed by atoms with Crippen LogP contribution in [0.25, 0.3) is 0 Å². The molecule has 0 aliphatic carbocycles. The van der Waals surface area contributed by atoms with Crippen LogP contribution in [0.3, 0.4) is 0 Å². The standard InChI is InChI=1S/C12H15NO4/c1-8(2)11(14)17-10-5-3-9(4-6-10)7-16-12(13)15/h3-6,8H,7H2,1-2H3,(H2,13,15). The first-order chi connectivity index (χ1) is 7.99. The average molecular weight is 237 g/mol. The van der Waals surface area contributed by atoms with Gasteiger partial charge in [0.05, 0.1) is 5.92 Å². The van der Waals surface area contributed by atoms with Gasteiger partial charge in [0, 0.05) is 0 Å². The van der Waals surface area contributed by atoms with E-state index in [1.807, 2.05) is 0 Å². The van der Waals surface area contributed by atoms with E-state index in [0.717, 1.165) is 5.56 Å². The summed E-state index contributed by atoms with van der Waals surface area (Å²) in [6, 6.07) is 6.68. The number of ether oxygens (including phenoxy) is 2. The summed E-state index contributed by atoms with van der Waals surface area (Å²) in [4.78, 5) is 21.7. The van der Waals surface area contributed by atoms with E-state index in [0.29, 0.717) is 5.75 Å². The van der Waals surface area contributed by atoms with Gasteiger partial charge in [-0.1, -0.05) is 26.0 Å². The van der Waals surface area contributed by atoms with Crippen LogP contribution in [0.2, 0.25) is 0 Å². The van der Waals surface area contributed by atoms with Crippen molar-refractivity contribution in [3.63, 3.8) is 0 Å². The Hall–Kier alpha value is -2.04. The summed E-state index contributed by atoms with van der Waals surface area (Å²) >= 11 is 0. The number of carbonyl (C=O) groups excluding carboxylic acids is 2. The van der Waals surface area contributed by atoms with Crippen molar-refractivity contribution in [3.05, 3.63) is 29.8 Å². The number of esters is 1. The van der Waals surface area contributed by atoms with Gasteiger partial charge >= 0.3 is 12.1 Å². The molecule has 1 amide bonds. The van der Waals surface area contributed by atoms with Crippen molar-refractivity contribution < 1.29 is 19.1 Å². The molecule has 0 aromatic heterocycles. The molecule has 2 N–H and O–H groups in total. The van der Waals surface area contributed by atoms with Crippen molar-refractivity contribution in [2.45, 2.75) is 20.5 Å². The molecular weight excluding hydrogens is 222 g/mol. The first kappa shape index (κ1) is 13.0. The average Bonchev–Trinajstić information content (AvgIpc) is 2.28. The molecule has 1 aromatic carbocycles. The second kappa shape index (κ2) is 5.89. The second-order valence-corrected chi connectivity index (χ2v) is 3.83. The van der Waals surface area contributed by atoms with Crippen LogP contribution in [0.15, 0.2) is 24.3 Å². The molecule has 0 aliphatic heterocycles. The molecule has 17 heavy (non-hydrogen) atoms. The van der Waals surface area contributed by atoms with Crippen molar-refractivity contribution in [2.24, 2.45) is 11.7 Å². The molecule has 1 rings (SSSR count). The Morgan fingerprint density at radius 3 is 2.29 bits per heavy atom. The first-order valence-corrected chi connectivity index (χ1v) is 5.22. The first-order valence-electron chi connectivity index (χ1n) is 5.22. The Balaban J connectivity index is 2.56. The van der Waals surface area contributed by atoms with Gasteiger partial charge in [-0.3, -0.25) is 4.79 Å². The van der Waals surface area contributed by atoms with E-state index in [1.165, 1.54) is 0 Å². The predicted molar refractivity (Wildman–Crippen MR) is 61.3 cm³/mol. The van der Waals surface area contributed by atoms with Crippen LogP contribution in [0, 0.1) is 5.92 Å². The van der Waals surface area contributed by atoms with Gasteiger partial charge in [-0.15, -0.1) is 0 Å².